The van der Waals surface area contributed by atoms with Crippen LogP contribution in [0.15, 0.2) is 24.3 Å². The number of likely N-dealkylation sites (tertiary alicyclic amines) is 1. The number of alkyl halides is 3. The number of rotatable bonds is 2. The van der Waals surface area contributed by atoms with Gasteiger partial charge in [-0.1, -0.05) is 25.1 Å². The Morgan fingerprint density at radius 3 is 2.45 bits per heavy atom. The van der Waals surface area contributed by atoms with E-state index in [1.807, 2.05) is 4.90 Å². The first kappa shape index (κ1) is 15.4. The van der Waals surface area contributed by atoms with Gasteiger partial charge in [-0.25, -0.2) is 0 Å². The number of amides is 1. The Morgan fingerprint density at radius 1 is 1.18 bits per heavy atom. The van der Waals surface area contributed by atoms with Crippen molar-refractivity contribution in [2.24, 2.45) is 11.8 Å². The Kier molecular flexibility index (Phi) is 3.91. The van der Waals surface area contributed by atoms with Gasteiger partial charge in [-0.05, 0) is 42.7 Å². The first-order chi connectivity index (χ1) is 10.4. The third kappa shape index (κ3) is 2.99. The van der Waals surface area contributed by atoms with Crippen LogP contribution in [0.2, 0.25) is 0 Å². The summed E-state index contributed by atoms with van der Waals surface area (Å²) in [6, 6.07) is 5.64. The molecule has 22 heavy (non-hydrogen) atoms. The average Bonchev–Trinajstić information content (AvgIpc) is 3.27. The molecule has 0 radical (unpaired) electrons. The monoisotopic (exact) mass is 311 g/mol. The molecule has 1 heterocycles. The van der Waals surface area contributed by atoms with E-state index in [1.165, 1.54) is 12.1 Å². The predicted molar refractivity (Wildman–Crippen MR) is 77.3 cm³/mol. The number of carbonyl (C=O) groups excluding carboxylic acids is 1. The van der Waals surface area contributed by atoms with E-state index in [1.54, 1.807) is 6.07 Å². The van der Waals surface area contributed by atoms with E-state index in [2.05, 4.69) is 6.92 Å². The highest BCUT2D eigenvalue weighted by molar-refractivity contribution is 5.83. The van der Waals surface area contributed by atoms with Gasteiger partial charge in [0.15, 0.2) is 0 Å². The van der Waals surface area contributed by atoms with Crippen molar-refractivity contribution in [3.8, 4) is 0 Å². The van der Waals surface area contributed by atoms with Gasteiger partial charge < -0.3 is 4.90 Å². The van der Waals surface area contributed by atoms with E-state index >= 15 is 0 Å². The Morgan fingerprint density at radius 2 is 1.82 bits per heavy atom. The lowest BCUT2D eigenvalue weighted by Crippen LogP contribution is -2.39. The molecule has 2 unspecified atom stereocenters. The van der Waals surface area contributed by atoms with Gasteiger partial charge in [0.25, 0.3) is 0 Å². The molecular weight excluding hydrogens is 291 g/mol. The van der Waals surface area contributed by atoms with Crippen LogP contribution in [-0.4, -0.2) is 23.9 Å². The van der Waals surface area contributed by atoms with Crippen molar-refractivity contribution in [3.05, 3.63) is 35.4 Å². The zero-order valence-electron chi connectivity index (χ0n) is 12.6. The van der Waals surface area contributed by atoms with Crippen LogP contribution >= 0.6 is 0 Å². The van der Waals surface area contributed by atoms with Crippen molar-refractivity contribution < 1.29 is 18.0 Å². The van der Waals surface area contributed by atoms with E-state index < -0.39 is 11.7 Å². The van der Waals surface area contributed by atoms with Gasteiger partial charge >= 0.3 is 6.18 Å². The van der Waals surface area contributed by atoms with Gasteiger partial charge in [0.1, 0.15) is 0 Å². The number of halogens is 3. The normalized spacial score (nSPS) is 26.1. The summed E-state index contributed by atoms with van der Waals surface area (Å²) < 4.78 is 39.2. The largest absolute Gasteiger partial charge is 0.416 e. The summed E-state index contributed by atoms with van der Waals surface area (Å²) in [5, 5.41) is 0. The highest BCUT2D eigenvalue weighted by atomic mass is 19.4. The number of nitrogens with zero attached hydrogens (tertiary/aromatic N) is 1. The van der Waals surface area contributed by atoms with Crippen molar-refractivity contribution in [3.63, 3.8) is 0 Å². The van der Waals surface area contributed by atoms with Crippen LogP contribution in [0, 0.1) is 11.8 Å². The molecule has 1 saturated carbocycles. The standard InChI is InChI=1S/C17H20F3NO/c1-11-6-8-21(9-7-11)16(22)14-10-13(14)12-4-2-3-5-15(12)17(18,19)20/h2-5,11,13-14H,6-10H2,1H3. The zero-order valence-corrected chi connectivity index (χ0v) is 12.6. The third-order valence-electron chi connectivity index (χ3n) is 4.87. The molecule has 5 heteroatoms. The fourth-order valence-electron chi connectivity index (χ4n) is 3.35. The molecule has 1 amide bonds. The van der Waals surface area contributed by atoms with Crippen molar-refractivity contribution in [1.29, 1.82) is 0 Å². The molecule has 2 nitrogen and oxygen atoms in total. The summed E-state index contributed by atoms with van der Waals surface area (Å²) in [4.78, 5) is 14.3. The van der Waals surface area contributed by atoms with Crippen molar-refractivity contribution in [1.82, 2.24) is 4.90 Å². The maximum atomic E-state index is 13.1. The number of piperidine rings is 1. The lowest BCUT2D eigenvalue weighted by atomic mass is 9.98. The highest BCUT2D eigenvalue weighted by Gasteiger charge is 2.49. The molecule has 0 bridgehead atoms. The van der Waals surface area contributed by atoms with Crippen molar-refractivity contribution in [2.45, 2.75) is 38.3 Å². The number of hydrogen-bond donors (Lipinski definition) is 0. The maximum Gasteiger partial charge on any atom is 0.416 e. The summed E-state index contributed by atoms with van der Waals surface area (Å²) in [6.07, 6.45) is -1.84. The minimum Gasteiger partial charge on any atom is -0.342 e. The summed E-state index contributed by atoms with van der Waals surface area (Å²) in [5.74, 6) is 0.125. The SMILES string of the molecule is CC1CCN(C(=O)C2CC2c2ccccc2C(F)(F)F)CC1. The fraction of sp³-hybridized carbons (Fsp3) is 0.588. The van der Waals surface area contributed by atoms with Gasteiger partial charge in [0.05, 0.1) is 5.56 Å². The zero-order chi connectivity index (χ0) is 15.9. The Hall–Kier alpha value is -1.52. The minimum absolute atomic E-state index is 0.0360. The molecular formula is C17H20F3NO. The quantitative estimate of drug-likeness (QED) is 0.806. The molecule has 1 aromatic rings. The molecule has 0 spiro atoms. The summed E-state index contributed by atoms with van der Waals surface area (Å²) in [5.41, 5.74) is -0.318. The van der Waals surface area contributed by atoms with Gasteiger partial charge in [0, 0.05) is 19.0 Å². The third-order valence-corrected chi connectivity index (χ3v) is 4.87. The van der Waals surface area contributed by atoms with Crippen LogP contribution in [0.3, 0.4) is 0 Å². The summed E-state index contributed by atoms with van der Waals surface area (Å²) >= 11 is 0. The van der Waals surface area contributed by atoms with E-state index in [9.17, 15) is 18.0 Å². The lowest BCUT2D eigenvalue weighted by molar-refractivity contribution is -0.139. The molecule has 1 aliphatic carbocycles. The van der Waals surface area contributed by atoms with Crippen molar-refractivity contribution in [2.75, 3.05) is 13.1 Å². The van der Waals surface area contributed by atoms with Crippen molar-refractivity contribution >= 4 is 5.91 Å². The number of benzene rings is 1. The van der Waals surface area contributed by atoms with Crippen LogP contribution in [0.1, 0.15) is 43.2 Å². The Labute approximate surface area is 128 Å². The second-order valence-electron chi connectivity index (χ2n) is 6.54. The van der Waals surface area contributed by atoms with E-state index in [4.69, 9.17) is 0 Å². The molecule has 0 aromatic heterocycles. The highest BCUT2D eigenvalue weighted by Crippen LogP contribution is 2.51. The second kappa shape index (κ2) is 5.60. The van der Waals surface area contributed by atoms with Crippen LogP contribution in [0.5, 0.6) is 0 Å². The molecule has 1 saturated heterocycles. The summed E-state index contributed by atoms with van der Waals surface area (Å²) in [7, 11) is 0. The molecule has 120 valence electrons. The Bertz CT molecular complexity index is 561. The molecule has 0 N–H and O–H groups in total. The average molecular weight is 311 g/mol. The van der Waals surface area contributed by atoms with Crippen LogP contribution < -0.4 is 0 Å². The topological polar surface area (TPSA) is 20.3 Å². The molecule has 1 aromatic carbocycles. The fourth-order valence-corrected chi connectivity index (χ4v) is 3.35. The van der Waals surface area contributed by atoms with Crippen LogP contribution in [-0.2, 0) is 11.0 Å². The second-order valence-corrected chi connectivity index (χ2v) is 6.54. The van der Waals surface area contributed by atoms with Crippen LogP contribution in [0.4, 0.5) is 13.2 Å². The van der Waals surface area contributed by atoms with Gasteiger partial charge in [-0.15, -0.1) is 0 Å². The van der Waals surface area contributed by atoms with E-state index in [0.717, 1.165) is 32.0 Å². The lowest BCUT2D eigenvalue weighted by Gasteiger charge is -2.30. The first-order valence-electron chi connectivity index (χ1n) is 7.83. The molecule has 2 fully saturated rings. The van der Waals surface area contributed by atoms with Crippen LogP contribution in [0.25, 0.3) is 0 Å². The molecule has 2 aliphatic rings. The van der Waals surface area contributed by atoms with Gasteiger partial charge in [-0.2, -0.15) is 13.2 Å². The van der Waals surface area contributed by atoms with E-state index in [0.29, 0.717) is 12.3 Å². The van der Waals surface area contributed by atoms with Gasteiger partial charge in [0.2, 0.25) is 5.91 Å². The smallest absolute Gasteiger partial charge is 0.342 e. The number of hydrogen-bond acceptors (Lipinski definition) is 1. The summed E-state index contributed by atoms with van der Waals surface area (Å²) in [6.45, 7) is 3.65. The Balaban J connectivity index is 1.71. The minimum atomic E-state index is -4.35. The first-order valence-corrected chi connectivity index (χ1v) is 7.83. The number of carbonyl (C=O) groups is 1. The van der Waals surface area contributed by atoms with E-state index in [-0.39, 0.29) is 23.3 Å². The molecule has 3 rings (SSSR count). The van der Waals surface area contributed by atoms with Gasteiger partial charge in [-0.3, -0.25) is 4.79 Å². The molecule has 1 aliphatic heterocycles. The maximum absolute atomic E-state index is 13.1. The molecule has 2 atom stereocenters. The predicted octanol–water partition coefficient (Wildman–Crippen LogP) is 4.07.